The van der Waals surface area contributed by atoms with Crippen LogP contribution in [0.4, 0.5) is 0 Å². The van der Waals surface area contributed by atoms with Crippen molar-refractivity contribution < 1.29 is 29.6 Å². The van der Waals surface area contributed by atoms with E-state index in [0.717, 1.165) is 0 Å². The van der Waals surface area contributed by atoms with E-state index in [1.54, 1.807) is 0 Å². The molecule has 0 fully saturated rings. The van der Waals surface area contributed by atoms with Gasteiger partial charge in [0.15, 0.2) is 0 Å². The molecule has 102 valence electrons. The number of ether oxygens (including phenoxy) is 2. The first kappa shape index (κ1) is 13.4. The molecule has 0 aromatic heterocycles. The summed E-state index contributed by atoms with van der Waals surface area (Å²) in [5.74, 6) is -1.22. The lowest BCUT2D eigenvalue weighted by atomic mass is 9.83. The number of carbonyl (C=O) groups is 1. The number of aliphatic hydroxyl groups excluding tert-OH is 1. The molecule has 1 aliphatic rings. The highest BCUT2D eigenvalue weighted by Crippen LogP contribution is 2.45. The first-order valence-corrected chi connectivity index (χ1v) is 5.52. The summed E-state index contributed by atoms with van der Waals surface area (Å²) in [7, 11) is 1.35. The third-order valence-corrected chi connectivity index (χ3v) is 3.20. The molecule has 0 saturated heterocycles. The van der Waals surface area contributed by atoms with Crippen LogP contribution in [0.3, 0.4) is 0 Å². The van der Waals surface area contributed by atoms with Crippen LogP contribution in [0.25, 0.3) is 0 Å². The molecule has 1 aromatic rings. The number of esters is 1. The molecule has 0 bridgehead atoms. The van der Waals surface area contributed by atoms with Crippen LogP contribution in [-0.4, -0.2) is 28.4 Å². The molecule has 1 heterocycles. The predicted octanol–water partition coefficient (Wildman–Crippen LogP) is 0.785. The Labute approximate surface area is 109 Å². The first-order valence-electron chi connectivity index (χ1n) is 5.52. The zero-order valence-corrected chi connectivity index (χ0v) is 10.6. The molecule has 6 heteroatoms. The van der Waals surface area contributed by atoms with Gasteiger partial charge in [-0.05, 0) is 6.92 Å². The third-order valence-electron chi connectivity index (χ3n) is 3.20. The van der Waals surface area contributed by atoms with Crippen LogP contribution in [-0.2, 0) is 16.9 Å². The summed E-state index contributed by atoms with van der Waals surface area (Å²) in [6.45, 7) is 4.37. The molecule has 0 spiro atoms. The van der Waals surface area contributed by atoms with Gasteiger partial charge in [0.2, 0.25) is 0 Å². The molecule has 6 nitrogen and oxygen atoms in total. The monoisotopic (exact) mass is 266 g/mol. The molecule has 0 aliphatic carbocycles. The van der Waals surface area contributed by atoms with Crippen LogP contribution in [0, 0.1) is 0 Å². The van der Waals surface area contributed by atoms with Gasteiger partial charge in [-0.2, -0.15) is 0 Å². The molecule has 0 radical (unpaired) electrons. The molecule has 1 aromatic carbocycles. The quantitative estimate of drug-likeness (QED) is 0.685. The topological polar surface area (TPSA) is 96.2 Å². The molecular weight excluding hydrogens is 252 g/mol. The number of aliphatic hydroxyl groups is 2. The molecule has 0 saturated carbocycles. The van der Waals surface area contributed by atoms with Gasteiger partial charge >= 0.3 is 5.97 Å². The molecule has 2 rings (SSSR count). The molecular formula is C13H14O6. The van der Waals surface area contributed by atoms with Gasteiger partial charge in [-0.15, -0.1) is 0 Å². The van der Waals surface area contributed by atoms with Crippen LogP contribution in [0.15, 0.2) is 18.4 Å². The maximum atomic E-state index is 11.8. The average Bonchev–Trinajstić information content (AvgIpc) is 2.35. The Kier molecular flexibility index (Phi) is 3.00. The van der Waals surface area contributed by atoms with Gasteiger partial charge in [0.25, 0.3) is 0 Å². The van der Waals surface area contributed by atoms with Crippen molar-refractivity contribution in [3.63, 3.8) is 0 Å². The Bertz CT molecular complexity index is 573. The Morgan fingerprint density at radius 1 is 1.53 bits per heavy atom. The van der Waals surface area contributed by atoms with E-state index >= 15 is 0 Å². The minimum absolute atomic E-state index is 0.0492. The smallest absolute Gasteiger partial charge is 0.347 e. The SMILES string of the molecule is C=C1OC(=O)c2c(O)cc(OC)c(CO)c2C1(C)O. The van der Waals surface area contributed by atoms with Crippen LogP contribution in [0.5, 0.6) is 11.5 Å². The second kappa shape index (κ2) is 4.25. The van der Waals surface area contributed by atoms with Crippen LogP contribution in [0.1, 0.15) is 28.4 Å². The number of fused-ring (bicyclic) bond motifs is 1. The Morgan fingerprint density at radius 2 is 2.16 bits per heavy atom. The van der Waals surface area contributed by atoms with E-state index < -0.39 is 18.2 Å². The number of phenolic OH excluding ortho intramolecular Hbond substituents is 1. The fourth-order valence-corrected chi connectivity index (χ4v) is 2.17. The number of carbonyl (C=O) groups excluding carboxylic acids is 1. The maximum Gasteiger partial charge on any atom is 0.347 e. The zero-order valence-electron chi connectivity index (χ0n) is 10.6. The first-order chi connectivity index (χ1) is 8.84. The fraction of sp³-hybridized carbons (Fsp3) is 0.308. The number of cyclic esters (lactones) is 1. The lowest BCUT2D eigenvalue weighted by Crippen LogP contribution is -2.35. The van der Waals surface area contributed by atoms with Gasteiger partial charge in [0.1, 0.15) is 28.4 Å². The summed E-state index contributed by atoms with van der Waals surface area (Å²) in [5.41, 5.74) is -1.65. The third kappa shape index (κ3) is 1.76. The van der Waals surface area contributed by atoms with E-state index in [1.807, 2.05) is 0 Å². The molecule has 3 N–H and O–H groups in total. The van der Waals surface area contributed by atoms with Gasteiger partial charge in [0.05, 0.1) is 13.7 Å². The summed E-state index contributed by atoms with van der Waals surface area (Å²) >= 11 is 0. The van der Waals surface area contributed by atoms with Crippen LogP contribution < -0.4 is 4.74 Å². The van der Waals surface area contributed by atoms with Crippen molar-refractivity contribution in [1.29, 1.82) is 0 Å². The normalized spacial score (nSPS) is 21.9. The van der Waals surface area contributed by atoms with E-state index in [2.05, 4.69) is 6.58 Å². The van der Waals surface area contributed by atoms with Crippen molar-refractivity contribution in [2.45, 2.75) is 19.1 Å². The number of methoxy groups -OCH3 is 1. The van der Waals surface area contributed by atoms with Crippen molar-refractivity contribution in [2.24, 2.45) is 0 Å². The van der Waals surface area contributed by atoms with Gasteiger partial charge < -0.3 is 24.8 Å². The molecule has 0 amide bonds. The van der Waals surface area contributed by atoms with Crippen molar-refractivity contribution in [1.82, 2.24) is 0 Å². The summed E-state index contributed by atoms with van der Waals surface area (Å²) in [5, 5.41) is 29.7. The predicted molar refractivity (Wildman–Crippen MR) is 64.7 cm³/mol. The number of phenols is 1. The highest BCUT2D eigenvalue weighted by atomic mass is 16.6. The molecule has 19 heavy (non-hydrogen) atoms. The van der Waals surface area contributed by atoms with E-state index in [4.69, 9.17) is 9.47 Å². The summed E-state index contributed by atoms with van der Waals surface area (Å²) in [4.78, 5) is 11.8. The lowest BCUT2D eigenvalue weighted by molar-refractivity contribution is 0.00705. The van der Waals surface area contributed by atoms with Crippen LogP contribution in [0.2, 0.25) is 0 Å². The Balaban J connectivity index is 2.89. The van der Waals surface area contributed by atoms with E-state index in [9.17, 15) is 20.1 Å². The van der Waals surface area contributed by atoms with E-state index in [0.29, 0.717) is 0 Å². The Morgan fingerprint density at radius 3 is 2.68 bits per heavy atom. The highest BCUT2D eigenvalue weighted by Gasteiger charge is 2.43. The number of hydrogen-bond donors (Lipinski definition) is 3. The number of rotatable bonds is 2. The zero-order chi connectivity index (χ0) is 14.4. The molecule has 1 unspecified atom stereocenters. The van der Waals surface area contributed by atoms with Crippen molar-refractivity contribution >= 4 is 5.97 Å². The van der Waals surface area contributed by atoms with E-state index in [1.165, 1.54) is 20.1 Å². The van der Waals surface area contributed by atoms with Gasteiger partial charge in [0, 0.05) is 17.2 Å². The summed E-state index contributed by atoms with van der Waals surface area (Å²) in [6, 6.07) is 1.19. The number of benzene rings is 1. The molecule has 1 aliphatic heterocycles. The number of aromatic hydroxyl groups is 1. The second-order valence-corrected chi connectivity index (χ2v) is 4.37. The average molecular weight is 266 g/mol. The summed E-state index contributed by atoms with van der Waals surface area (Å²) in [6.07, 6.45) is 0. The lowest BCUT2D eigenvalue weighted by Gasteiger charge is -2.34. The van der Waals surface area contributed by atoms with Gasteiger partial charge in [-0.1, -0.05) is 6.58 Å². The van der Waals surface area contributed by atoms with Crippen LogP contribution >= 0.6 is 0 Å². The van der Waals surface area contributed by atoms with Gasteiger partial charge in [-0.25, -0.2) is 4.79 Å². The molecule has 1 atom stereocenters. The van der Waals surface area contributed by atoms with E-state index in [-0.39, 0.29) is 33.9 Å². The van der Waals surface area contributed by atoms with Crippen molar-refractivity contribution in [3.8, 4) is 11.5 Å². The summed E-state index contributed by atoms with van der Waals surface area (Å²) < 4.78 is 9.85. The second-order valence-electron chi connectivity index (χ2n) is 4.37. The van der Waals surface area contributed by atoms with Crippen molar-refractivity contribution in [3.05, 3.63) is 35.1 Å². The highest BCUT2D eigenvalue weighted by molar-refractivity contribution is 5.97. The van der Waals surface area contributed by atoms with Crippen molar-refractivity contribution in [2.75, 3.05) is 7.11 Å². The minimum atomic E-state index is -1.71. The minimum Gasteiger partial charge on any atom is -0.507 e. The largest absolute Gasteiger partial charge is 0.507 e. The standard InChI is InChI=1S/C13H14O6/c1-6-13(2,17)11-7(5-14)9(18-3)4-8(15)10(11)12(16)19-6/h4,14-15,17H,1,5H2,2-3H3. The van der Waals surface area contributed by atoms with Gasteiger partial charge in [-0.3, -0.25) is 0 Å². The Hall–Kier alpha value is -2.05. The fourth-order valence-electron chi connectivity index (χ4n) is 2.17. The maximum absolute atomic E-state index is 11.8. The number of hydrogen-bond acceptors (Lipinski definition) is 6.